The Morgan fingerprint density at radius 3 is 2.74 bits per heavy atom. The standard InChI is InChI=1S/C14H20ClN3O4S/c1-10(19)18-6-7-22-13-9-14(11(15)8-12(13)18)23(20,21)16-4-5-17(2)3/h8-9,16H,4-7H2,1-3H3. The number of benzene rings is 1. The van der Waals surface area contributed by atoms with Crippen molar-refractivity contribution >= 4 is 33.2 Å². The Hall–Kier alpha value is -1.35. The molecule has 0 spiro atoms. The van der Waals surface area contributed by atoms with Crippen LogP contribution in [-0.2, 0) is 14.8 Å². The number of hydrogen-bond donors (Lipinski definition) is 1. The molecule has 9 heteroatoms. The lowest BCUT2D eigenvalue weighted by atomic mass is 10.2. The molecule has 0 aliphatic carbocycles. The minimum absolute atomic E-state index is 0.0536. The van der Waals surface area contributed by atoms with Crippen LogP contribution in [0.5, 0.6) is 5.75 Å². The van der Waals surface area contributed by atoms with Crippen molar-refractivity contribution in [1.82, 2.24) is 9.62 Å². The van der Waals surface area contributed by atoms with Crippen LogP contribution in [0.15, 0.2) is 17.0 Å². The molecule has 7 nitrogen and oxygen atoms in total. The summed E-state index contributed by atoms with van der Waals surface area (Å²) in [6.07, 6.45) is 0. The number of hydrogen-bond acceptors (Lipinski definition) is 5. The molecule has 1 aromatic rings. The average molecular weight is 362 g/mol. The summed E-state index contributed by atoms with van der Waals surface area (Å²) in [6.45, 7) is 2.99. The topological polar surface area (TPSA) is 78.9 Å². The van der Waals surface area contributed by atoms with Crippen LogP contribution >= 0.6 is 11.6 Å². The summed E-state index contributed by atoms with van der Waals surface area (Å²) in [5.41, 5.74) is 0.487. The highest BCUT2D eigenvalue weighted by Crippen LogP contribution is 2.38. The summed E-state index contributed by atoms with van der Waals surface area (Å²) >= 11 is 6.13. The monoisotopic (exact) mass is 361 g/mol. The second-order valence-electron chi connectivity index (χ2n) is 5.47. The third-order valence-electron chi connectivity index (χ3n) is 3.40. The van der Waals surface area contributed by atoms with Crippen molar-refractivity contribution in [1.29, 1.82) is 0 Å². The molecule has 128 valence electrons. The van der Waals surface area contributed by atoms with Crippen molar-refractivity contribution in [3.63, 3.8) is 0 Å². The van der Waals surface area contributed by atoms with Gasteiger partial charge < -0.3 is 14.5 Å². The largest absolute Gasteiger partial charge is 0.489 e. The fourth-order valence-corrected chi connectivity index (χ4v) is 3.79. The zero-order valence-electron chi connectivity index (χ0n) is 13.3. The van der Waals surface area contributed by atoms with E-state index in [4.69, 9.17) is 16.3 Å². The number of carbonyl (C=O) groups excluding carboxylic acids is 1. The van der Waals surface area contributed by atoms with E-state index in [1.165, 1.54) is 24.0 Å². The SMILES string of the molecule is CC(=O)N1CCOc2cc(S(=O)(=O)NCCN(C)C)c(Cl)cc21. The smallest absolute Gasteiger partial charge is 0.242 e. The number of ether oxygens (including phenoxy) is 1. The van der Waals surface area contributed by atoms with Crippen LogP contribution in [-0.4, -0.2) is 59.6 Å². The number of carbonyl (C=O) groups is 1. The van der Waals surface area contributed by atoms with E-state index < -0.39 is 10.0 Å². The van der Waals surface area contributed by atoms with Gasteiger partial charge in [-0.15, -0.1) is 0 Å². The lowest BCUT2D eigenvalue weighted by molar-refractivity contribution is -0.116. The van der Waals surface area contributed by atoms with Crippen LogP contribution in [0, 0.1) is 0 Å². The Morgan fingerprint density at radius 1 is 1.43 bits per heavy atom. The van der Waals surface area contributed by atoms with E-state index in [1.807, 2.05) is 19.0 Å². The van der Waals surface area contributed by atoms with Gasteiger partial charge in [0.15, 0.2) is 0 Å². The van der Waals surface area contributed by atoms with Crippen LogP contribution < -0.4 is 14.4 Å². The van der Waals surface area contributed by atoms with E-state index in [0.29, 0.717) is 31.1 Å². The molecule has 1 aliphatic rings. The van der Waals surface area contributed by atoms with Gasteiger partial charge in [-0.3, -0.25) is 4.79 Å². The normalized spacial score (nSPS) is 14.6. The maximum atomic E-state index is 12.4. The minimum Gasteiger partial charge on any atom is -0.489 e. The second kappa shape index (κ2) is 7.04. The predicted molar refractivity (Wildman–Crippen MR) is 88.7 cm³/mol. The number of nitrogens with one attached hydrogen (secondary N) is 1. The summed E-state index contributed by atoms with van der Waals surface area (Å²) in [5, 5.41) is 0.0536. The van der Waals surface area contributed by atoms with E-state index in [1.54, 1.807) is 0 Å². The van der Waals surface area contributed by atoms with Gasteiger partial charge in [-0.05, 0) is 20.2 Å². The van der Waals surface area contributed by atoms with Crippen LogP contribution in [0.3, 0.4) is 0 Å². The van der Waals surface area contributed by atoms with Crippen LogP contribution in [0.2, 0.25) is 5.02 Å². The average Bonchev–Trinajstić information content (AvgIpc) is 2.44. The zero-order chi connectivity index (χ0) is 17.2. The molecular weight excluding hydrogens is 342 g/mol. The molecule has 0 unspecified atom stereocenters. The second-order valence-corrected chi connectivity index (χ2v) is 7.61. The molecule has 0 radical (unpaired) electrons. The van der Waals surface area contributed by atoms with E-state index in [0.717, 1.165) is 0 Å². The highest BCUT2D eigenvalue weighted by molar-refractivity contribution is 7.89. The fourth-order valence-electron chi connectivity index (χ4n) is 2.23. The van der Waals surface area contributed by atoms with Crippen LogP contribution in [0.4, 0.5) is 5.69 Å². The number of halogens is 1. The first kappa shape index (κ1) is 18.0. The Bertz CT molecular complexity index is 706. The van der Waals surface area contributed by atoms with Crippen molar-refractivity contribution in [2.24, 2.45) is 0 Å². The zero-order valence-corrected chi connectivity index (χ0v) is 14.9. The molecule has 2 rings (SSSR count). The number of anilines is 1. The Morgan fingerprint density at radius 2 is 2.13 bits per heavy atom. The van der Waals surface area contributed by atoms with Crippen molar-refractivity contribution in [2.75, 3.05) is 45.2 Å². The van der Waals surface area contributed by atoms with E-state index >= 15 is 0 Å². The van der Waals surface area contributed by atoms with E-state index in [9.17, 15) is 13.2 Å². The van der Waals surface area contributed by atoms with Gasteiger partial charge in [-0.25, -0.2) is 13.1 Å². The number of nitrogens with zero attached hydrogens (tertiary/aromatic N) is 2. The number of amides is 1. The van der Waals surface area contributed by atoms with Crippen molar-refractivity contribution in [3.8, 4) is 5.75 Å². The van der Waals surface area contributed by atoms with Gasteiger partial charge in [0.2, 0.25) is 15.9 Å². The van der Waals surface area contributed by atoms with E-state index in [2.05, 4.69) is 4.72 Å². The summed E-state index contributed by atoms with van der Waals surface area (Å²) < 4.78 is 32.8. The maximum Gasteiger partial charge on any atom is 0.242 e. The summed E-state index contributed by atoms with van der Waals surface area (Å²) in [5.74, 6) is 0.189. The van der Waals surface area contributed by atoms with Crippen molar-refractivity contribution < 1.29 is 17.9 Å². The van der Waals surface area contributed by atoms with Crippen molar-refractivity contribution in [2.45, 2.75) is 11.8 Å². The highest BCUT2D eigenvalue weighted by Gasteiger charge is 2.26. The number of rotatable bonds is 5. The highest BCUT2D eigenvalue weighted by atomic mass is 35.5. The van der Waals surface area contributed by atoms with Gasteiger partial charge in [-0.2, -0.15) is 0 Å². The molecule has 0 atom stereocenters. The summed E-state index contributed by atoms with van der Waals surface area (Å²) in [6, 6.07) is 2.82. The van der Waals surface area contributed by atoms with Gasteiger partial charge in [0.05, 0.1) is 17.3 Å². The van der Waals surface area contributed by atoms with Gasteiger partial charge in [0.1, 0.15) is 17.3 Å². The molecule has 1 aromatic carbocycles. The maximum absolute atomic E-state index is 12.4. The molecule has 0 aromatic heterocycles. The van der Waals surface area contributed by atoms with Gasteiger partial charge >= 0.3 is 0 Å². The van der Waals surface area contributed by atoms with Crippen LogP contribution in [0.1, 0.15) is 6.92 Å². The number of fused-ring (bicyclic) bond motifs is 1. The Balaban J connectivity index is 2.33. The summed E-state index contributed by atoms with van der Waals surface area (Å²) in [4.78, 5) is 15.0. The third kappa shape index (κ3) is 4.14. The van der Waals surface area contributed by atoms with Gasteiger partial charge in [-0.1, -0.05) is 11.6 Å². The Labute approximate surface area is 141 Å². The molecule has 1 amide bonds. The molecule has 1 N–H and O–H groups in total. The predicted octanol–water partition coefficient (Wildman–Crippen LogP) is 0.925. The molecule has 0 saturated heterocycles. The van der Waals surface area contributed by atoms with Gasteiger partial charge in [0.25, 0.3) is 0 Å². The molecule has 1 heterocycles. The lowest BCUT2D eigenvalue weighted by Crippen LogP contribution is -2.36. The molecular formula is C14H20ClN3O4S. The first-order chi connectivity index (χ1) is 10.7. The molecule has 0 bridgehead atoms. The number of sulfonamides is 1. The molecule has 0 saturated carbocycles. The Kier molecular flexibility index (Phi) is 5.51. The first-order valence-electron chi connectivity index (χ1n) is 7.11. The quantitative estimate of drug-likeness (QED) is 0.843. The number of likely N-dealkylation sites (N-methyl/N-ethyl adjacent to an activating group) is 1. The van der Waals surface area contributed by atoms with Gasteiger partial charge in [0, 0.05) is 26.1 Å². The van der Waals surface area contributed by atoms with Crippen molar-refractivity contribution in [3.05, 3.63) is 17.2 Å². The first-order valence-corrected chi connectivity index (χ1v) is 8.97. The molecule has 1 aliphatic heterocycles. The fraction of sp³-hybridized carbons (Fsp3) is 0.500. The van der Waals surface area contributed by atoms with E-state index in [-0.39, 0.29) is 22.4 Å². The molecule has 0 fully saturated rings. The molecule has 23 heavy (non-hydrogen) atoms. The summed E-state index contributed by atoms with van der Waals surface area (Å²) in [7, 11) is -0.0468. The minimum atomic E-state index is -3.75. The lowest BCUT2D eigenvalue weighted by Gasteiger charge is -2.29. The van der Waals surface area contributed by atoms with Crippen LogP contribution in [0.25, 0.3) is 0 Å². The third-order valence-corrected chi connectivity index (χ3v) is 5.32.